The molecule has 1 aliphatic rings. The van der Waals surface area contributed by atoms with Gasteiger partial charge in [0.2, 0.25) is 0 Å². The highest BCUT2D eigenvalue weighted by molar-refractivity contribution is 5.93. The van der Waals surface area contributed by atoms with Gasteiger partial charge in [0.05, 0.1) is 0 Å². The Hall–Kier alpha value is -3.26. The largest absolute Gasteiger partial charge is 0.507 e. The van der Waals surface area contributed by atoms with E-state index in [0.717, 1.165) is 38.4 Å². The molecule has 1 unspecified atom stereocenters. The Morgan fingerprint density at radius 1 is 0.720 bits per heavy atom. The van der Waals surface area contributed by atoms with Crippen molar-refractivity contribution < 1.29 is 9.84 Å². The fraction of sp³-hybridized carbons (Fsp3) is 0.0435. The van der Waals surface area contributed by atoms with Gasteiger partial charge < -0.3 is 9.84 Å². The Bertz CT molecular complexity index is 1140. The summed E-state index contributed by atoms with van der Waals surface area (Å²) >= 11 is 0. The van der Waals surface area contributed by atoms with Gasteiger partial charge in [0.15, 0.2) is 0 Å². The molecular weight excluding hydrogens is 308 g/mol. The van der Waals surface area contributed by atoms with Crippen LogP contribution in [0.5, 0.6) is 11.5 Å². The second kappa shape index (κ2) is 5.38. The number of hydrogen-bond donors (Lipinski definition) is 1. The number of ether oxygens (including phenoxy) is 1. The summed E-state index contributed by atoms with van der Waals surface area (Å²) < 4.78 is 6.31. The first kappa shape index (κ1) is 14.1. The van der Waals surface area contributed by atoms with Gasteiger partial charge >= 0.3 is 0 Å². The zero-order valence-corrected chi connectivity index (χ0v) is 13.5. The molecule has 0 bridgehead atoms. The van der Waals surface area contributed by atoms with Crippen LogP contribution in [0.4, 0.5) is 0 Å². The Kier molecular flexibility index (Phi) is 3.04. The van der Waals surface area contributed by atoms with Crippen molar-refractivity contribution in [3.05, 3.63) is 90.0 Å². The van der Waals surface area contributed by atoms with Crippen LogP contribution in [-0.2, 0) is 0 Å². The summed E-state index contributed by atoms with van der Waals surface area (Å²) in [6.07, 6.45) is 3.77. The quantitative estimate of drug-likeness (QED) is 0.476. The summed E-state index contributed by atoms with van der Waals surface area (Å²) in [7, 11) is 0. The van der Waals surface area contributed by atoms with E-state index in [1.54, 1.807) is 0 Å². The lowest BCUT2D eigenvalue weighted by molar-refractivity contribution is 0.250. The van der Waals surface area contributed by atoms with Gasteiger partial charge in [-0.05, 0) is 16.8 Å². The lowest BCUT2D eigenvalue weighted by atomic mass is 9.97. The SMILES string of the molecule is Oc1c(C2C=Cc3ccc4ccccc4c3O2)ccc2ccccc12. The molecule has 0 aliphatic carbocycles. The number of rotatable bonds is 1. The number of fused-ring (bicyclic) bond motifs is 4. The molecule has 0 amide bonds. The second-order valence-electron chi connectivity index (χ2n) is 6.33. The van der Waals surface area contributed by atoms with E-state index in [1.165, 1.54) is 0 Å². The van der Waals surface area contributed by atoms with Crippen LogP contribution in [0, 0.1) is 0 Å². The third-order valence-corrected chi connectivity index (χ3v) is 4.84. The van der Waals surface area contributed by atoms with Gasteiger partial charge in [-0.1, -0.05) is 78.9 Å². The third kappa shape index (κ3) is 2.18. The van der Waals surface area contributed by atoms with E-state index in [2.05, 4.69) is 30.3 Å². The minimum atomic E-state index is -0.303. The topological polar surface area (TPSA) is 29.5 Å². The highest BCUT2D eigenvalue weighted by Crippen LogP contribution is 2.41. The molecule has 1 atom stereocenters. The zero-order chi connectivity index (χ0) is 16.8. The van der Waals surface area contributed by atoms with Gasteiger partial charge in [-0.2, -0.15) is 0 Å². The van der Waals surface area contributed by atoms with Crippen LogP contribution in [0.3, 0.4) is 0 Å². The second-order valence-corrected chi connectivity index (χ2v) is 6.33. The maximum Gasteiger partial charge on any atom is 0.146 e. The first-order valence-corrected chi connectivity index (χ1v) is 8.38. The van der Waals surface area contributed by atoms with Crippen molar-refractivity contribution in [1.82, 2.24) is 0 Å². The lowest BCUT2D eigenvalue weighted by Crippen LogP contribution is -2.09. The van der Waals surface area contributed by atoms with Gasteiger partial charge in [0, 0.05) is 21.9 Å². The summed E-state index contributed by atoms with van der Waals surface area (Å²) in [6.45, 7) is 0. The van der Waals surface area contributed by atoms with E-state index in [-0.39, 0.29) is 11.9 Å². The molecule has 0 saturated heterocycles. The summed E-state index contributed by atoms with van der Waals surface area (Å²) in [5.41, 5.74) is 1.85. The number of phenols is 1. The van der Waals surface area contributed by atoms with Gasteiger partial charge in [0.25, 0.3) is 0 Å². The molecule has 1 aliphatic heterocycles. The molecular formula is C23H16O2. The highest BCUT2D eigenvalue weighted by atomic mass is 16.5. The molecule has 120 valence electrons. The molecule has 2 heteroatoms. The smallest absolute Gasteiger partial charge is 0.146 e. The third-order valence-electron chi connectivity index (χ3n) is 4.84. The molecule has 0 radical (unpaired) electrons. The van der Waals surface area contributed by atoms with Gasteiger partial charge in [-0.15, -0.1) is 0 Å². The first-order valence-electron chi connectivity index (χ1n) is 8.38. The maximum absolute atomic E-state index is 10.7. The van der Waals surface area contributed by atoms with Gasteiger partial charge in [-0.3, -0.25) is 0 Å². The average Bonchev–Trinajstić information content (AvgIpc) is 2.68. The van der Waals surface area contributed by atoms with Gasteiger partial charge in [-0.25, -0.2) is 0 Å². The molecule has 1 heterocycles. The van der Waals surface area contributed by atoms with E-state index in [9.17, 15) is 5.11 Å². The van der Waals surface area contributed by atoms with Crippen molar-refractivity contribution in [2.24, 2.45) is 0 Å². The van der Waals surface area contributed by atoms with E-state index in [0.29, 0.717) is 0 Å². The number of phenolic OH excluding ortho intramolecular Hbond substituents is 1. The van der Waals surface area contributed by atoms with Crippen molar-refractivity contribution >= 4 is 27.6 Å². The first-order chi connectivity index (χ1) is 12.3. The zero-order valence-electron chi connectivity index (χ0n) is 13.5. The molecule has 4 aromatic rings. The molecule has 0 fully saturated rings. The number of hydrogen-bond acceptors (Lipinski definition) is 2. The van der Waals surface area contributed by atoms with Crippen LogP contribution in [0.15, 0.2) is 78.9 Å². The van der Waals surface area contributed by atoms with Crippen LogP contribution in [-0.4, -0.2) is 5.11 Å². The van der Waals surface area contributed by atoms with Crippen LogP contribution in [0.1, 0.15) is 17.2 Å². The van der Waals surface area contributed by atoms with Crippen molar-refractivity contribution in [3.8, 4) is 11.5 Å². The van der Waals surface area contributed by atoms with Crippen LogP contribution in [0.25, 0.3) is 27.6 Å². The average molecular weight is 324 g/mol. The van der Waals surface area contributed by atoms with E-state index in [1.807, 2.05) is 54.6 Å². The van der Waals surface area contributed by atoms with Crippen molar-refractivity contribution in [3.63, 3.8) is 0 Å². The summed E-state index contributed by atoms with van der Waals surface area (Å²) in [6, 6.07) is 24.2. The normalized spacial score (nSPS) is 15.9. The van der Waals surface area contributed by atoms with E-state index < -0.39 is 0 Å². The van der Waals surface area contributed by atoms with Crippen molar-refractivity contribution in [2.45, 2.75) is 6.10 Å². The number of benzene rings is 4. The summed E-state index contributed by atoms with van der Waals surface area (Å²) in [4.78, 5) is 0. The minimum absolute atomic E-state index is 0.288. The van der Waals surface area contributed by atoms with Crippen molar-refractivity contribution in [1.29, 1.82) is 0 Å². The fourth-order valence-corrected chi connectivity index (χ4v) is 3.55. The monoisotopic (exact) mass is 324 g/mol. The number of aromatic hydroxyl groups is 1. The predicted molar refractivity (Wildman–Crippen MR) is 102 cm³/mol. The molecule has 0 saturated carbocycles. The Morgan fingerprint density at radius 3 is 2.24 bits per heavy atom. The molecule has 0 spiro atoms. The Balaban J connectivity index is 1.65. The van der Waals surface area contributed by atoms with Crippen molar-refractivity contribution in [2.75, 3.05) is 0 Å². The van der Waals surface area contributed by atoms with Gasteiger partial charge in [0.1, 0.15) is 17.6 Å². The lowest BCUT2D eigenvalue weighted by Gasteiger charge is -2.24. The molecule has 5 rings (SSSR count). The highest BCUT2D eigenvalue weighted by Gasteiger charge is 2.22. The van der Waals surface area contributed by atoms with Crippen LogP contribution in [0.2, 0.25) is 0 Å². The maximum atomic E-state index is 10.7. The Labute approximate surface area is 145 Å². The summed E-state index contributed by atoms with van der Waals surface area (Å²) in [5, 5.41) is 14.9. The summed E-state index contributed by atoms with van der Waals surface area (Å²) in [5.74, 6) is 1.16. The Morgan fingerprint density at radius 2 is 1.40 bits per heavy atom. The molecule has 4 aromatic carbocycles. The molecule has 25 heavy (non-hydrogen) atoms. The van der Waals surface area contributed by atoms with E-state index in [4.69, 9.17) is 4.74 Å². The minimum Gasteiger partial charge on any atom is -0.507 e. The molecule has 1 N–H and O–H groups in total. The van der Waals surface area contributed by atoms with Crippen LogP contribution < -0.4 is 4.74 Å². The standard InChI is InChI=1S/C23H16O2/c24-22-18-7-3-1-5-15(18)11-13-20(22)21-14-12-17-10-9-16-6-2-4-8-19(16)23(17)25-21/h1-14,21,24H. The molecule has 2 nitrogen and oxygen atoms in total. The molecule has 0 aromatic heterocycles. The van der Waals surface area contributed by atoms with Crippen LogP contribution >= 0.6 is 0 Å². The fourth-order valence-electron chi connectivity index (χ4n) is 3.55. The van der Waals surface area contributed by atoms with E-state index >= 15 is 0 Å². The predicted octanol–water partition coefficient (Wildman–Crippen LogP) is 5.85.